The van der Waals surface area contributed by atoms with Crippen molar-refractivity contribution < 1.29 is 14.3 Å². The minimum absolute atomic E-state index is 0.0306. The van der Waals surface area contributed by atoms with E-state index in [2.05, 4.69) is 10.1 Å². The van der Waals surface area contributed by atoms with Gasteiger partial charge < -0.3 is 15.8 Å². The molecule has 0 spiro atoms. The average Bonchev–Trinajstić information content (AvgIpc) is 2.77. The molecule has 1 aromatic heterocycles. The smallest absolute Gasteiger partial charge is 0.329 e. The van der Waals surface area contributed by atoms with E-state index in [1.165, 1.54) is 18.4 Å². The second kappa shape index (κ2) is 6.24. The van der Waals surface area contributed by atoms with Gasteiger partial charge in [-0.15, -0.1) is 11.3 Å². The SMILES string of the molecule is COC(=O)[C@H](CN)NC(=O)Cc1cccs1. The number of carbonyl (C=O) groups is 2. The zero-order valence-corrected chi connectivity index (χ0v) is 9.75. The zero-order chi connectivity index (χ0) is 12.0. The third-order valence-corrected chi connectivity index (χ3v) is 2.85. The van der Waals surface area contributed by atoms with E-state index in [1.54, 1.807) is 0 Å². The van der Waals surface area contributed by atoms with Gasteiger partial charge in [-0.3, -0.25) is 4.79 Å². The van der Waals surface area contributed by atoms with Crippen molar-refractivity contribution in [3.8, 4) is 0 Å². The van der Waals surface area contributed by atoms with E-state index < -0.39 is 12.0 Å². The highest BCUT2D eigenvalue weighted by molar-refractivity contribution is 7.10. The van der Waals surface area contributed by atoms with Gasteiger partial charge in [-0.2, -0.15) is 0 Å². The van der Waals surface area contributed by atoms with E-state index in [1.807, 2.05) is 17.5 Å². The van der Waals surface area contributed by atoms with Crippen LogP contribution in [-0.2, 0) is 20.7 Å². The van der Waals surface area contributed by atoms with E-state index in [0.717, 1.165) is 4.88 Å². The first-order valence-electron chi connectivity index (χ1n) is 4.77. The topological polar surface area (TPSA) is 81.4 Å². The number of esters is 1. The number of carbonyl (C=O) groups excluding carboxylic acids is 2. The van der Waals surface area contributed by atoms with Crippen LogP contribution in [-0.4, -0.2) is 31.6 Å². The maximum Gasteiger partial charge on any atom is 0.329 e. The predicted octanol–water partition coefficient (Wildman–Crippen LogP) is -0.0929. The molecule has 0 aliphatic heterocycles. The summed E-state index contributed by atoms with van der Waals surface area (Å²) in [4.78, 5) is 23.6. The minimum atomic E-state index is -0.766. The van der Waals surface area contributed by atoms with Crippen LogP contribution in [0.2, 0.25) is 0 Å². The summed E-state index contributed by atoms with van der Waals surface area (Å²) < 4.78 is 4.51. The fraction of sp³-hybridized carbons (Fsp3) is 0.400. The number of nitrogens with two attached hydrogens (primary N) is 1. The number of hydrogen-bond donors (Lipinski definition) is 2. The van der Waals surface area contributed by atoms with Crippen LogP contribution in [0.4, 0.5) is 0 Å². The van der Waals surface area contributed by atoms with Crippen LogP contribution in [0.5, 0.6) is 0 Å². The average molecular weight is 242 g/mol. The van der Waals surface area contributed by atoms with Gasteiger partial charge in [0.1, 0.15) is 6.04 Å². The number of nitrogens with one attached hydrogen (secondary N) is 1. The largest absolute Gasteiger partial charge is 0.467 e. The van der Waals surface area contributed by atoms with Gasteiger partial charge in [0.25, 0.3) is 0 Å². The molecule has 0 fully saturated rings. The number of ether oxygens (including phenoxy) is 1. The molecular formula is C10H14N2O3S. The van der Waals surface area contributed by atoms with E-state index in [-0.39, 0.29) is 18.9 Å². The minimum Gasteiger partial charge on any atom is -0.467 e. The van der Waals surface area contributed by atoms with E-state index in [9.17, 15) is 9.59 Å². The van der Waals surface area contributed by atoms with Gasteiger partial charge in [0.15, 0.2) is 0 Å². The Morgan fingerprint density at radius 3 is 2.88 bits per heavy atom. The molecule has 1 rings (SSSR count). The summed E-state index contributed by atoms with van der Waals surface area (Å²) in [6.45, 7) is 0.0306. The molecular weight excluding hydrogens is 228 g/mol. The number of rotatable bonds is 5. The Kier molecular flexibility index (Phi) is 4.94. The second-order valence-electron chi connectivity index (χ2n) is 3.14. The van der Waals surface area contributed by atoms with Gasteiger partial charge in [-0.05, 0) is 11.4 Å². The van der Waals surface area contributed by atoms with Crippen LogP contribution in [0.15, 0.2) is 17.5 Å². The van der Waals surface area contributed by atoms with Crippen LogP contribution < -0.4 is 11.1 Å². The summed E-state index contributed by atoms with van der Waals surface area (Å²) in [6, 6.07) is 2.96. The van der Waals surface area contributed by atoms with E-state index in [4.69, 9.17) is 5.73 Å². The van der Waals surface area contributed by atoms with Crippen molar-refractivity contribution in [1.82, 2.24) is 5.32 Å². The lowest BCUT2D eigenvalue weighted by Gasteiger charge is -2.13. The molecule has 6 heteroatoms. The Labute approximate surface area is 97.6 Å². The highest BCUT2D eigenvalue weighted by Gasteiger charge is 2.19. The van der Waals surface area contributed by atoms with Gasteiger partial charge >= 0.3 is 5.97 Å². The van der Waals surface area contributed by atoms with Crippen LogP contribution in [0.3, 0.4) is 0 Å². The Hall–Kier alpha value is -1.40. The molecule has 0 radical (unpaired) electrons. The number of amides is 1. The van der Waals surface area contributed by atoms with Gasteiger partial charge in [0.2, 0.25) is 5.91 Å². The van der Waals surface area contributed by atoms with Crippen molar-refractivity contribution in [2.75, 3.05) is 13.7 Å². The molecule has 3 N–H and O–H groups in total. The zero-order valence-electron chi connectivity index (χ0n) is 8.93. The summed E-state index contributed by atoms with van der Waals surface area (Å²) in [6.07, 6.45) is 0.255. The monoisotopic (exact) mass is 242 g/mol. The fourth-order valence-corrected chi connectivity index (χ4v) is 1.88. The van der Waals surface area contributed by atoms with Crippen molar-refractivity contribution in [3.05, 3.63) is 22.4 Å². The molecule has 0 unspecified atom stereocenters. The van der Waals surface area contributed by atoms with Crippen molar-refractivity contribution in [1.29, 1.82) is 0 Å². The third kappa shape index (κ3) is 3.63. The second-order valence-corrected chi connectivity index (χ2v) is 4.17. The highest BCUT2D eigenvalue weighted by Crippen LogP contribution is 2.08. The number of methoxy groups -OCH3 is 1. The quantitative estimate of drug-likeness (QED) is 0.707. The lowest BCUT2D eigenvalue weighted by Crippen LogP contribution is -2.46. The molecule has 0 aliphatic rings. The van der Waals surface area contributed by atoms with Crippen LogP contribution in [0, 0.1) is 0 Å². The maximum absolute atomic E-state index is 11.5. The first-order valence-corrected chi connectivity index (χ1v) is 5.65. The van der Waals surface area contributed by atoms with Crippen molar-refractivity contribution >= 4 is 23.2 Å². The molecule has 0 aromatic carbocycles. The summed E-state index contributed by atoms with van der Waals surface area (Å²) in [7, 11) is 1.26. The van der Waals surface area contributed by atoms with Crippen LogP contribution >= 0.6 is 11.3 Å². The van der Waals surface area contributed by atoms with Crippen LogP contribution in [0.1, 0.15) is 4.88 Å². The summed E-state index contributed by atoms with van der Waals surface area (Å²) in [5, 5.41) is 4.42. The van der Waals surface area contributed by atoms with Gasteiger partial charge in [-0.1, -0.05) is 6.07 Å². The van der Waals surface area contributed by atoms with Gasteiger partial charge in [0.05, 0.1) is 13.5 Å². The molecule has 88 valence electrons. The maximum atomic E-state index is 11.5. The predicted molar refractivity (Wildman–Crippen MR) is 61.0 cm³/mol. The van der Waals surface area contributed by atoms with Crippen molar-refractivity contribution in [3.63, 3.8) is 0 Å². The fourth-order valence-electron chi connectivity index (χ4n) is 1.17. The number of hydrogen-bond acceptors (Lipinski definition) is 5. The first kappa shape index (κ1) is 12.7. The molecule has 1 atom stereocenters. The Morgan fingerprint density at radius 1 is 1.62 bits per heavy atom. The Morgan fingerprint density at radius 2 is 2.38 bits per heavy atom. The lowest BCUT2D eigenvalue weighted by atomic mass is 10.2. The molecule has 1 amide bonds. The van der Waals surface area contributed by atoms with Gasteiger partial charge in [-0.25, -0.2) is 4.79 Å². The van der Waals surface area contributed by atoms with E-state index in [0.29, 0.717) is 0 Å². The molecule has 1 heterocycles. The number of thiophene rings is 1. The summed E-state index contributed by atoms with van der Waals surface area (Å²) >= 11 is 1.49. The molecule has 16 heavy (non-hydrogen) atoms. The molecule has 0 bridgehead atoms. The molecule has 1 aromatic rings. The third-order valence-electron chi connectivity index (χ3n) is 1.97. The van der Waals surface area contributed by atoms with Crippen molar-refractivity contribution in [2.45, 2.75) is 12.5 Å². The van der Waals surface area contributed by atoms with Gasteiger partial charge in [0, 0.05) is 11.4 Å². The molecule has 0 aliphatic carbocycles. The summed E-state index contributed by atoms with van der Waals surface area (Å²) in [5.74, 6) is -0.759. The molecule has 0 saturated carbocycles. The summed E-state index contributed by atoms with van der Waals surface area (Å²) in [5.41, 5.74) is 5.36. The normalized spacial score (nSPS) is 11.9. The van der Waals surface area contributed by atoms with E-state index >= 15 is 0 Å². The van der Waals surface area contributed by atoms with Crippen LogP contribution in [0.25, 0.3) is 0 Å². The first-order chi connectivity index (χ1) is 7.67. The standard InChI is InChI=1S/C10H14N2O3S/c1-15-10(14)8(6-11)12-9(13)5-7-3-2-4-16-7/h2-4,8H,5-6,11H2,1H3,(H,12,13)/t8-/m0/s1. The highest BCUT2D eigenvalue weighted by atomic mass is 32.1. The lowest BCUT2D eigenvalue weighted by molar-refractivity contribution is -0.144. The molecule has 0 saturated heterocycles. The molecule has 5 nitrogen and oxygen atoms in total. The Bertz CT molecular complexity index is 351. The Balaban J connectivity index is 2.46. The van der Waals surface area contributed by atoms with Crippen molar-refractivity contribution in [2.24, 2.45) is 5.73 Å².